The third-order valence-electron chi connectivity index (χ3n) is 4.26. The predicted molar refractivity (Wildman–Crippen MR) is 96.5 cm³/mol. The summed E-state index contributed by atoms with van der Waals surface area (Å²) >= 11 is 1.88. The van der Waals surface area contributed by atoms with E-state index in [1.54, 1.807) is 25.3 Å². The molecule has 1 amide bonds. The van der Waals surface area contributed by atoms with E-state index in [9.17, 15) is 4.79 Å². The highest BCUT2D eigenvalue weighted by Crippen LogP contribution is 2.30. The Hall–Kier alpha value is -2.15. The van der Waals surface area contributed by atoms with Gasteiger partial charge in [-0.1, -0.05) is 5.16 Å². The largest absolute Gasteiger partial charge is 0.493 e. The molecule has 1 aromatic heterocycles. The number of hydrogen-bond donors (Lipinski definition) is 0. The quantitative estimate of drug-likeness (QED) is 0.814. The number of nitrogens with zero attached hydrogens (tertiary/aromatic N) is 2. The van der Waals surface area contributed by atoms with Crippen molar-refractivity contribution < 1.29 is 18.8 Å². The normalized spacial score (nSPS) is 14.4. The monoisotopic (exact) mass is 362 g/mol. The molecule has 2 heterocycles. The summed E-state index contributed by atoms with van der Waals surface area (Å²) in [6.45, 7) is 5.65. The zero-order valence-electron chi connectivity index (χ0n) is 14.7. The van der Waals surface area contributed by atoms with E-state index in [2.05, 4.69) is 5.16 Å². The number of thioether (sulfide) groups is 1. The van der Waals surface area contributed by atoms with Crippen LogP contribution in [0.5, 0.6) is 11.5 Å². The molecule has 7 heteroatoms. The summed E-state index contributed by atoms with van der Waals surface area (Å²) in [7, 11) is 1.57. The Morgan fingerprint density at radius 2 is 2.04 bits per heavy atom. The van der Waals surface area contributed by atoms with Gasteiger partial charge in [-0.15, -0.1) is 0 Å². The van der Waals surface area contributed by atoms with Crippen molar-refractivity contribution in [2.24, 2.45) is 0 Å². The maximum absolute atomic E-state index is 12.6. The minimum absolute atomic E-state index is 0.0378. The van der Waals surface area contributed by atoms with Gasteiger partial charge >= 0.3 is 0 Å². The van der Waals surface area contributed by atoms with Crippen LogP contribution in [0.15, 0.2) is 22.7 Å². The SMILES string of the molecule is COc1cc(C(=O)N2CCSCC2)ccc1OCc1c(C)noc1C. The molecule has 0 spiro atoms. The van der Waals surface area contributed by atoms with Crippen molar-refractivity contribution in [3.8, 4) is 11.5 Å². The van der Waals surface area contributed by atoms with E-state index in [0.717, 1.165) is 41.6 Å². The molecule has 1 aliphatic heterocycles. The van der Waals surface area contributed by atoms with Gasteiger partial charge < -0.3 is 18.9 Å². The minimum atomic E-state index is 0.0378. The predicted octanol–water partition coefficient (Wildman–Crippen LogP) is 3.07. The molecule has 0 atom stereocenters. The van der Waals surface area contributed by atoms with Gasteiger partial charge in [-0.2, -0.15) is 11.8 Å². The number of benzene rings is 1. The second kappa shape index (κ2) is 7.82. The van der Waals surface area contributed by atoms with E-state index < -0.39 is 0 Å². The van der Waals surface area contributed by atoms with Crippen LogP contribution in [-0.2, 0) is 6.61 Å². The molecule has 1 saturated heterocycles. The Labute approximate surface area is 151 Å². The van der Waals surface area contributed by atoms with E-state index in [1.807, 2.05) is 30.5 Å². The summed E-state index contributed by atoms with van der Waals surface area (Å²) < 4.78 is 16.4. The molecule has 134 valence electrons. The average molecular weight is 362 g/mol. The molecule has 3 rings (SSSR count). The number of carbonyl (C=O) groups is 1. The Morgan fingerprint density at radius 1 is 1.28 bits per heavy atom. The number of methoxy groups -OCH3 is 1. The van der Waals surface area contributed by atoms with Crippen LogP contribution in [0.25, 0.3) is 0 Å². The lowest BCUT2D eigenvalue weighted by atomic mass is 10.1. The summed E-state index contributed by atoms with van der Waals surface area (Å²) in [5.74, 6) is 3.89. The summed E-state index contributed by atoms with van der Waals surface area (Å²) in [5, 5.41) is 3.92. The number of hydrogen-bond acceptors (Lipinski definition) is 6. The van der Waals surface area contributed by atoms with Gasteiger partial charge in [0.1, 0.15) is 12.4 Å². The first kappa shape index (κ1) is 17.7. The van der Waals surface area contributed by atoms with Crippen molar-refractivity contribution >= 4 is 17.7 Å². The standard InChI is InChI=1S/C18H22N2O4S/c1-12-15(13(2)24-19-12)11-23-16-5-4-14(10-17(16)22-3)18(21)20-6-8-25-9-7-20/h4-5,10H,6-9,11H2,1-3H3. The highest BCUT2D eigenvalue weighted by atomic mass is 32.2. The van der Waals surface area contributed by atoms with Gasteiger partial charge in [-0.25, -0.2) is 0 Å². The van der Waals surface area contributed by atoms with Crippen molar-refractivity contribution in [3.05, 3.63) is 40.8 Å². The van der Waals surface area contributed by atoms with Crippen LogP contribution >= 0.6 is 11.8 Å². The average Bonchev–Trinajstić information content (AvgIpc) is 2.98. The van der Waals surface area contributed by atoms with Crippen LogP contribution in [0.4, 0.5) is 0 Å². The molecule has 0 unspecified atom stereocenters. The first-order valence-corrected chi connectivity index (χ1v) is 9.35. The molecule has 2 aromatic rings. The third kappa shape index (κ3) is 3.92. The molecule has 0 aliphatic carbocycles. The van der Waals surface area contributed by atoms with Gasteiger partial charge in [-0.3, -0.25) is 4.79 Å². The molecular weight excluding hydrogens is 340 g/mol. The maximum atomic E-state index is 12.6. The summed E-state index contributed by atoms with van der Waals surface area (Å²) in [6.07, 6.45) is 0. The fourth-order valence-electron chi connectivity index (χ4n) is 2.73. The van der Waals surface area contributed by atoms with E-state index >= 15 is 0 Å². The molecule has 0 saturated carbocycles. The number of aromatic nitrogens is 1. The van der Waals surface area contributed by atoms with Crippen LogP contribution < -0.4 is 9.47 Å². The highest BCUT2D eigenvalue weighted by molar-refractivity contribution is 7.99. The van der Waals surface area contributed by atoms with Crippen molar-refractivity contribution in [1.82, 2.24) is 10.1 Å². The molecule has 1 aromatic carbocycles. The van der Waals surface area contributed by atoms with Gasteiger partial charge in [0.05, 0.1) is 18.4 Å². The van der Waals surface area contributed by atoms with Gasteiger partial charge in [0.2, 0.25) is 0 Å². The summed E-state index contributed by atoms with van der Waals surface area (Å²) in [5.41, 5.74) is 2.35. The number of ether oxygens (including phenoxy) is 2. The van der Waals surface area contributed by atoms with Crippen LogP contribution in [0.1, 0.15) is 27.4 Å². The van der Waals surface area contributed by atoms with Crippen LogP contribution in [0.2, 0.25) is 0 Å². The molecule has 0 N–H and O–H groups in total. The van der Waals surface area contributed by atoms with Gasteiger partial charge in [0.25, 0.3) is 5.91 Å². The molecule has 0 radical (unpaired) electrons. The maximum Gasteiger partial charge on any atom is 0.254 e. The number of amides is 1. The Balaban J connectivity index is 1.74. The van der Waals surface area contributed by atoms with E-state index in [-0.39, 0.29) is 5.91 Å². The fraction of sp³-hybridized carbons (Fsp3) is 0.444. The molecular formula is C18H22N2O4S. The van der Waals surface area contributed by atoms with Crippen molar-refractivity contribution in [1.29, 1.82) is 0 Å². The third-order valence-corrected chi connectivity index (χ3v) is 5.20. The second-order valence-electron chi connectivity index (χ2n) is 5.86. The zero-order chi connectivity index (χ0) is 17.8. The second-order valence-corrected chi connectivity index (χ2v) is 7.09. The molecule has 1 aliphatic rings. The van der Waals surface area contributed by atoms with Crippen molar-refractivity contribution in [2.45, 2.75) is 20.5 Å². The van der Waals surface area contributed by atoms with Crippen LogP contribution in [0, 0.1) is 13.8 Å². The fourth-order valence-corrected chi connectivity index (χ4v) is 3.63. The lowest BCUT2D eigenvalue weighted by molar-refractivity contribution is 0.0772. The summed E-state index contributed by atoms with van der Waals surface area (Å²) in [4.78, 5) is 14.5. The number of rotatable bonds is 5. The zero-order valence-corrected chi connectivity index (χ0v) is 15.5. The van der Waals surface area contributed by atoms with Crippen LogP contribution in [0.3, 0.4) is 0 Å². The van der Waals surface area contributed by atoms with Crippen molar-refractivity contribution in [3.63, 3.8) is 0 Å². The lowest BCUT2D eigenvalue weighted by Crippen LogP contribution is -2.37. The Bertz CT molecular complexity index is 734. The first-order valence-electron chi connectivity index (χ1n) is 8.19. The minimum Gasteiger partial charge on any atom is -0.493 e. The molecule has 25 heavy (non-hydrogen) atoms. The van der Waals surface area contributed by atoms with E-state index in [1.165, 1.54) is 0 Å². The first-order chi connectivity index (χ1) is 12.1. The van der Waals surface area contributed by atoms with Crippen LogP contribution in [-0.4, -0.2) is 47.7 Å². The number of carbonyl (C=O) groups excluding carboxylic acids is 1. The topological polar surface area (TPSA) is 64.8 Å². The molecule has 1 fully saturated rings. The van der Waals surface area contributed by atoms with E-state index in [4.69, 9.17) is 14.0 Å². The number of aryl methyl sites for hydroxylation is 2. The Kier molecular flexibility index (Phi) is 5.53. The van der Waals surface area contributed by atoms with Gasteiger partial charge in [-0.05, 0) is 32.0 Å². The Morgan fingerprint density at radius 3 is 2.68 bits per heavy atom. The molecule has 0 bridgehead atoms. The van der Waals surface area contributed by atoms with Gasteiger partial charge in [0.15, 0.2) is 11.5 Å². The molecule has 6 nitrogen and oxygen atoms in total. The lowest BCUT2D eigenvalue weighted by Gasteiger charge is -2.26. The van der Waals surface area contributed by atoms with E-state index in [0.29, 0.717) is 23.7 Å². The smallest absolute Gasteiger partial charge is 0.254 e. The summed E-state index contributed by atoms with van der Waals surface area (Å²) in [6, 6.07) is 5.31. The highest BCUT2D eigenvalue weighted by Gasteiger charge is 2.20. The van der Waals surface area contributed by atoms with Crippen molar-refractivity contribution in [2.75, 3.05) is 31.7 Å². The van der Waals surface area contributed by atoms with Gasteiger partial charge in [0, 0.05) is 30.2 Å².